The fraction of sp³-hybridized carbons (Fsp3) is 0.667. The summed E-state index contributed by atoms with van der Waals surface area (Å²) in [6.45, 7) is 0. The molecule has 68 valence electrons. The van der Waals surface area contributed by atoms with Crippen molar-refractivity contribution in [2.75, 3.05) is 0 Å². The third-order valence-corrected chi connectivity index (χ3v) is 2.07. The molecule has 0 fully saturated rings. The van der Waals surface area contributed by atoms with Crippen LogP contribution in [0.1, 0.15) is 38.5 Å². The Morgan fingerprint density at radius 1 is 1.33 bits per heavy atom. The van der Waals surface area contributed by atoms with Crippen molar-refractivity contribution < 1.29 is 4.79 Å². The average Bonchev–Trinajstić information content (AvgIpc) is 1.93. The first-order valence-electron chi connectivity index (χ1n) is 4.54. The Hall–Kier alpha value is -0.990. The van der Waals surface area contributed by atoms with Gasteiger partial charge in [0, 0.05) is 5.70 Å². The lowest BCUT2D eigenvalue weighted by atomic mass is 10.0. The van der Waals surface area contributed by atoms with Gasteiger partial charge in [-0.25, -0.2) is 4.79 Å². The van der Waals surface area contributed by atoms with Crippen LogP contribution in [0.2, 0.25) is 0 Å². The zero-order chi connectivity index (χ0) is 8.81. The minimum Gasteiger partial charge on any atom is -0.351 e. The average molecular weight is 168 g/mol. The van der Waals surface area contributed by atoms with Gasteiger partial charge in [-0.3, -0.25) is 0 Å². The number of urea groups is 1. The molecule has 1 aliphatic rings. The van der Waals surface area contributed by atoms with E-state index < -0.39 is 6.03 Å². The van der Waals surface area contributed by atoms with Gasteiger partial charge in [0.15, 0.2) is 0 Å². The summed E-state index contributed by atoms with van der Waals surface area (Å²) in [5.74, 6) is 0. The molecule has 3 heteroatoms. The number of carbonyl (C=O) groups excluding carboxylic acids is 1. The Kier molecular flexibility index (Phi) is 3.64. The molecule has 3 nitrogen and oxygen atoms in total. The summed E-state index contributed by atoms with van der Waals surface area (Å²) in [6, 6.07) is -0.443. The van der Waals surface area contributed by atoms with Crippen molar-refractivity contribution in [2.45, 2.75) is 38.5 Å². The Morgan fingerprint density at radius 2 is 2.08 bits per heavy atom. The molecule has 0 bridgehead atoms. The number of carbonyl (C=O) groups is 1. The molecule has 0 aromatic carbocycles. The number of hydrogen-bond acceptors (Lipinski definition) is 1. The van der Waals surface area contributed by atoms with Crippen LogP contribution in [-0.2, 0) is 0 Å². The summed E-state index contributed by atoms with van der Waals surface area (Å²) in [5, 5.41) is 2.65. The maximum absolute atomic E-state index is 10.5. The fourth-order valence-corrected chi connectivity index (χ4v) is 1.46. The molecule has 2 amide bonds. The molecule has 0 radical (unpaired) electrons. The quantitative estimate of drug-likeness (QED) is 0.617. The monoisotopic (exact) mass is 168 g/mol. The first kappa shape index (κ1) is 9.10. The Labute approximate surface area is 73.0 Å². The van der Waals surface area contributed by atoms with Crippen LogP contribution in [0.4, 0.5) is 4.79 Å². The maximum atomic E-state index is 10.5. The van der Waals surface area contributed by atoms with Gasteiger partial charge in [-0.15, -0.1) is 0 Å². The molecule has 0 heterocycles. The van der Waals surface area contributed by atoms with Crippen molar-refractivity contribution >= 4 is 6.03 Å². The zero-order valence-corrected chi connectivity index (χ0v) is 7.31. The van der Waals surface area contributed by atoms with E-state index in [9.17, 15) is 4.79 Å². The van der Waals surface area contributed by atoms with Crippen molar-refractivity contribution in [1.82, 2.24) is 5.32 Å². The van der Waals surface area contributed by atoms with Gasteiger partial charge in [0.05, 0.1) is 0 Å². The standard InChI is InChI=1S/C9H16N2O/c10-9(12)11-8-6-4-2-1-3-5-7-8/h6H,1-5,7H2,(H3,10,11,12)/b8-6+. The molecule has 0 unspecified atom stereocenters. The first-order chi connectivity index (χ1) is 5.79. The smallest absolute Gasteiger partial charge is 0.316 e. The molecule has 1 aliphatic carbocycles. The van der Waals surface area contributed by atoms with Crippen LogP contribution < -0.4 is 11.1 Å². The molecule has 1 rings (SSSR count). The number of hydrogen-bond donors (Lipinski definition) is 2. The number of nitrogens with two attached hydrogens (primary N) is 1. The highest BCUT2D eigenvalue weighted by atomic mass is 16.2. The summed E-state index contributed by atoms with van der Waals surface area (Å²) in [5.41, 5.74) is 6.02. The second-order valence-electron chi connectivity index (χ2n) is 3.17. The van der Waals surface area contributed by atoms with Gasteiger partial charge in [-0.2, -0.15) is 0 Å². The van der Waals surface area contributed by atoms with Crippen LogP contribution in [0.15, 0.2) is 11.8 Å². The van der Waals surface area contributed by atoms with Crippen molar-refractivity contribution in [3.8, 4) is 0 Å². The normalized spacial score (nSPS) is 23.2. The number of nitrogens with one attached hydrogen (secondary N) is 1. The van der Waals surface area contributed by atoms with E-state index in [4.69, 9.17) is 5.73 Å². The van der Waals surface area contributed by atoms with Gasteiger partial charge < -0.3 is 11.1 Å². The Bertz CT molecular complexity index is 187. The largest absolute Gasteiger partial charge is 0.351 e. The molecule has 0 spiro atoms. The van der Waals surface area contributed by atoms with E-state index in [1.54, 1.807) is 0 Å². The van der Waals surface area contributed by atoms with Gasteiger partial charge in [-0.05, 0) is 25.7 Å². The van der Waals surface area contributed by atoms with E-state index in [1.807, 2.05) is 0 Å². The van der Waals surface area contributed by atoms with Crippen LogP contribution >= 0.6 is 0 Å². The van der Waals surface area contributed by atoms with Gasteiger partial charge in [0.1, 0.15) is 0 Å². The summed E-state index contributed by atoms with van der Waals surface area (Å²) >= 11 is 0. The zero-order valence-electron chi connectivity index (χ0n) is 7.31. The number of rotatable bonds is 1. The summed E-state index contributed by atoms with van der Waals surface area (Å²) in [7, 11) is 0. The molecule has 0 saturated carbocycles. The third-order valence-electron chi connectivity index (χ3n) is 2.07. The molecule has 0 atom stereocenters. The lowest BCUT2D eigenvalue weighted by molar-refractivity contribution is 0.251. The molecule has 3 N–H and O–H groups in total. The lowest BCUT2D eigenvalue weighted by Crippen LogP contribution is -2.28. The topological polar surface area (TPSA) is 55.1 Å². The summed E-state index contributed by atoms with van der Waals surface area (Å²) in [4.78, 5) is 10.5. The fourth-order valence-electron chi connectivity index (χ4n) is 1.46. The van der Waals surface area contributed by atoms with E-state index in [2.05, 4.69) is 11.4 Å². The highest BCUT2D eigenvalue weighted by molar-refractivity contribution is 5.73. The van der Waals surface area contributed by atoms with Crippen LogP contribution in [0, 0.1) is 0 Å². The first-order valence-corrected chi connectivity index (χ1v) is 4.54. The van der Waals surface area contributed by atoms with E-state index in [-0.39, 0.29) is 0 Å². The molecule has 0 saturated heterocycles. The minimum absolute atomic E-state index is 0.443. The number of allylic oxidation sites excluding steroid dienone is 2. The molecular formula is C9H16N2O. The molecule has 0 aliphatic heterocycles. The second kappa shape index (κ2) is 4.80. The van der Waals surface area contributed by atoms with Gasteiger partial charge in [0.2, 0.25) is 0 Å². The van der Waals surface area contributed by atoms with Crippen molar-refractivity contribution in [3.05, 3.63) is 11.8 Å². The number of amides is 2. The Balaban J connectivity index is 2.41. The van der Waals surface area contributed by atoms with Gasteiger partial charge in [-0.1, -0.05) is 18.9 Å². The van der Waals surface area contributed by atoms with Crippen molar-refractivity contribution in [1.29, 1.82) is 0 Å². The highest BCUT2D eigenvalue weighted by Crippen LogP contribution is 2.14. The second-order valence-corrected chi connectivity index (χ2v) is 3.17. The van der Waals surface area contributed by atoms with E-state index in [0.29, 0.717) is 0 Å². The molecular weight excluding hydrogens is 152 g/mol. The Morgan fingerprint density at radius 3 is 2.83 bits per heavy atom. The molecule has 0 aromatic heterocycles. The highest BCUT2D eigenvalue weighted by Gasteiger charge is 2.02. The van der Waals surface area contributed by atoms with Crippen molar-refractivity contribution in [3.63, 3.8) is 0 Å². The molecule has 12 heavy (non-hydrogen) atoms. The van der Waals surface area contributed by atoms with E-state index in [1.165, 1.54) is 19.3 Å². The van der Waals surface area contributed by atoms with Crippen LogP contribution in [0.25, 0.3) is 0 Å². The summed E-state index contributed by atoms with van der Waals surface area (Å²) < 4.78 is 0. The predicted octanol–water partition coefficient (Wildman–Crippen LogP) is 1.89. The van der Waals surface area contributed by atoms with E-state index in [0.717, 1.165) is 25.0 Å². The maximum Gasteiger partial charge on any atom is 0.316 e. The van der Waals surface area contributed by atoms with Gasteiger partial charge >= 0.3 is 6.03 Å². The summed E-state index contributed by atoms with van der Waals surface area (Å²) in [6.07, 6.45) is 9.07. The third kappa shape index (κ3) is 3.42. The van der Waals surface area contributed by atoms with E-state index >= 15 is 0 Å². The predicted molar refractivity (Wildman–Crippen MR) is 48.5 cm³/mol. The number of primary amides is 1. The lowest BCUT2D eigenvalue weighted by Gasteiger charge is -2.10. The van der Waals surface area contributed by atoms with Crippen LogP contribution in [-0.4, -0.2) is 6.03 Å². The van der Waals surface area contributed by atoms with Crippen molar-refractivity contribution in [2.24, 2.45) is 5.73 Å². The SMILES string of the molecule is NC(=O)N/C1=C/CCCCCC1. The molecule has 0 aromatic rings. The van der Waals surface area contributed by atoms with Crippen LogP contribution in [0.3, 0.4) is 0 Å². The van der Waals surface area contributed by atoms with Crippen LogP contribution in [0.5, 0.6) is 0 Å². The minimum atomic E-state index is -0.443. The van der Waals surface area contributed by atoms with Gasteiger partial charge in [0.25, 0.3) is 0 Å².